The average Bonchev–Trinajstić information content (AvgIpc) is 3.23. The number of ether oxygens (including phenoxy) is 3. The fraction of sp³-hybridized carbons (Fsp3) is 0.300. The summed E-state index contributed by atoms with van der Waals surface area (Å²) in [6.45, 7) is 4.80. The number of amides is 1. The molecule has 1 amide bonds. The molecule has 3 rings (SSSR count). The molecule has 0 spiro atoms. The highest BCUT2D eigenvalue weighted by Gasteiger charge is 2.16. The first-order valence-electron chi connectivity index (χ1n) is 9.40. The van der Waals surface area contributed by atoms with Gasteiger partial charge >= 0.3 is 0 Å². The Kier molecular flexibility index (Phi) is 7.50. The molecule has 0 bridgehead atoms. The van der Waals surface area contributed by atoms with Crippen LogP contribution in [-0.2, 0) is 4.79 Å². The van der Waals surface area contributed by atoms with Crippen molar-refractivity contribution in [2.45, 2.75) is 19.0 Å². The summed E-state index contributed by atoms with van der Waals surface area (Å²) in [5, 5.41) is 15.1. The molecule has 0 aliphatic rings. The maximum absolute atomic E-state index is 12.6. The van der Waals surface area contributed by atoms with Crippen LogP contribution in [0.15, 0.2) is 47.6 Å². The molecular formula is C20H23N5O4S. The van der Waals surface area contributed by atoms with E-state index in [-0.39, 0.29) is 11.7 Å². The largest absolute Gasteiger partial charge is 0.494 e. The van der Waals surface area contributed by atoms with Gasteiger partial charge in [0.25, 0.3) is 0 Å². The molecule has 1 N–H and O–H groups in total. The van der Waals surface area contributed by atoms with Gasteiger partial charge in [-0.25, -0.2) is 0 Å². The molecule has 9 nitrogen and oxygen atoms in total. The first-order valence-corrected chi connectivity index (χ1v) is 10.4. The second-order valence-electron chi connectivity index (χ2n) is 5.91. The van der Waals surface area contributed by atoms with Crippen molar-refractivity contribution >= 4 is 23.4 Å². The number of hydrogen-bond acceptors (Lipinski definition) is 8. The predicted octanol–water partition coefficient (Wildman–Crippen LogP) is 3.20. The zero-order valence-corrected chi connectivity index (χ0v) is 17.8. The molecule has 0 saturated heterocycles. The number of benzene rings is 2. The topological polar surface area (TPSA) is 100 Å². The Morgan fingerprint density at radius 2 is 1.90 bits per heavy atom. The van der Waals surface area contributed by atoms with Gasteiger partial charge in [-0.05, 0) is 48.5 Å². The number of para-hydroxylation sites is 2. The first-order chi connectivity index (χ1) is 14.7. The van der Waals surface area contributed by atoms with Gasteiger partial charge in [0, 0.05) is 6.07 Å². The fourth-order valence-electron chi connectivity index (χ4n) is 2.69. The van der Waals surface area contributed by atoms with Crippen LogP contribution in [0.5, 0.6) is 17.2 Å². The third-order valence-electron chi connectivity index (χ3n) is 3.92. The molecular weight excluding hydrogens is 406 g/mol. The minimum absolute atomic E-state index is 0.111. The summed E-state index contributed by atoms with van der Waals surface area (Å²) >= 11 is 1.22. The number of hydrogen-bond donors (Lipinski definition) is 1. The lowest BCUT2D eigenvalue weighted by Gasteiger charge is -2.13. The zero-order chi connectivity index (χ0) is 21.3. The highest BCUT2D eigenvalue weighted by molar-refractivity contribution is 7.99. The van der Waals surface area contributed by atoms with Crippen molar-refractivity contribution in [1.82, 2.24) is 20.2 Å². The van der Waals surface area contributed by atoms with E-state index in [0.717, 1.165) is 0 Å². The summed E-state index contributed by atoms with van der Waals surface area (Å²) in [5.74, 6) is 1.76. The molecule has 0 unspecified atom stereocenters. The lowest BCUT2D eigenvalue weighted by Crippen LogP contribution is -2.15. The molecule has 1 aromatic heterocycles. The summed E-state index contributed by atoms with van der Waals surface area (Å²) in [4.78, 5) is 12.6. The van der Waals surface area contributed by atoms with E-state index in [9.17, 15) is 4.79 Å². The number of carbonyl (C=O) groups is 1. The smallest absolute Gasteiger partial charge is 0.234 e. The van der Waals surface area contributed by atoms with E-state index in [4.69, 9.17) is 14.2 Å². The molecule has 3 aromatic rings. The zero-order valence-electron chi connectivity index (χ0n) is 17.0. The van der Waals surface area contributed by atoms with Crippen molar-refractivity contribution in [2.75, 3.05) is 31.4 Å². The Bertz CT molecular complexity index is 995. The van der Waals surface area contributed by atoms with Gasteiger partial charge in [0.15, 0.2) is 0 Å². The minimum atomic E-state index is -0.218. The van der Waals surface area contributed by atoms with Crippen LogP contribution in [0.25, 0.3) is 5.69 Å². The van der Waals surface area contributed by atoms with E-state index >= 15 is 0 Å². The standard InChI is InChI=1S/C20H23N5O4S/c1-4-28-14-10-11-17(29-5-2)15(12-14)21-19(26)13-30-20-22-23-24-25(20)16-8-6-7-9-18(16)27-3/h6-12H,4-5,13H2,1-3H3,(H,21,26). The minimum Gasteiger partial charge on any atom is -0.494 e. The molecule has 158 valence electrons. The summed E-state index contributed by atoms with van der Waals surface area (Å²) in [5.41, 5.74) is 1.24. The maximum Gasteiger partial charge on any atom is 0.234 e. The van der Waals surface area contributed by atoms with E-state index < -0.39 is 0 Å². The molecule has 1 heterocycles. The summed E-state index contributed by atoms with van der Waals surface area (Å²) in [7, 11) is 1.58. The molecule has 10 heteroatoms. The van der Waals surface area contributed by atoms with Gasteiger partial charge in [0.2, 0.25) is 11.1 Å². The lowest BCUT2D eigenvalue weighted by atomic mass is 10.2. The van der Waals surface area contributed by atoms with E-state index in [1.165, 1.54) is 16.4 Å². The molecule has 0 saturated carbocycles. The normalized spacial score (nSPS) is 10.5. The summed E-state index contributed by atoms with van der Waals surface area (Å²) < 4.78 is 18.0. The Balaban J connectivity index is 1.70. The molecule has 0 aliphatic carbocycles. The van der Waals surface area contributed by atoms with Crippen LogP contribution in [-0.4, -0.2) is 52.2 Å². The monoisotopic (exact) mass is 429 g/mol. The molecule has 0 atom stereocenters. The van der Waals surface area contributed by atoms with E-state index in [2.05, 4.69) is 20.8 Å². The van der Waals surface area contributed by atoms with E-state index in [0.29, 0.717) is 47.0 Å². The predicted molar refractivity (Wildman–Crippen MR) is 114 cm³/mol. The number of methoxy groups -OCH3 is 1. The second-order valence-corrected chi connectivity index (χ2v) is 6.85. The van der Waals surface area contributed by atoms with Gasteiger partial charge in [-0.15, -0.1) is 5.10 Å². The Labute approximate surface area is 178 Å². The Hall–Kier alpha value is -3.27. The van der Waals surface area contributed by atoms with Crippen molar-refractivity contribution in [2.24, 2.45) is 0 Å². The highest BCUT2D eigenvalue weighted by atomic mass is 32.2. The first kappa shape index (κ1) is 21.4. The van der Waals surface area contributed by atoms with Crippen molar-refractivity contribution in [3.8, 4) is 22.9 Å². The van der Waals surface area contributed by atoms with Crippen LogP contribution in [0.2, 0.25) is 0 Å². The Morgan fingerprint density at radius 3 is 2.67 bits per heavy atom. The number of tetrazole rings is 1. The third kappa shape index (κ3) is 5.20. The third-order valence-corrected chi connectivity index (χ3v) is 4.84. The average molecular weight is 430 g/mol. The van der Waals surface area contributed by atoms with Gasteiger partial charge in [-0.3, -0.25) is 4.79 Å². The number of rotatable bonds is 10. The number of nitrogens with one attached hydrogen (secondary N) is 1. The number of nitrogens with zero attached hydrogens (tertiary/aromatic N) is 4. The van der Waals surface area contributed by atoms with Crippen molar-refractivity contribution in [3.05, 3.63) is 42.5 Å². The van der Waals surface area contributed by atoms with Gasteiger partial charge in [0.1, 0.15) is 22.9 Å². The molecule has 30 heavy (non-hydrogen) atoms. The van der Waals surface area contributed by atoms with Crippen LogP contribution in [0, 0.1) is 0 Å². The van der Waals surface area contributed by atoms with Crippen molar-refractivity contribution in [3.63, 3.8) is 0 Å². The molecule has 2 aromatic carbocycles. The van der Waals surface area contributed by atoms with E-state index in [1.54, 1.807) is 25.3 Å². The van der Waals surface area contributed by atoms with Crippen LogP contribution < -0.4 is 19.5 Å². The van der Waals surface area contributed by atoms with Crippen LogP contribution in [0.4, 0.5) is 5.69 Å². The molecule has 0 fully saturated rings. The lowest BCUT2D eigenvalue weighted by molar-refractivity contribution is -0.113. The Morgan fingerprint density at radius 1 is 1.10 bits per heavy atom. The van der Waals surface area contributed by atoms with Crippen molar-refractivity contribution in [1.29, 1.82) is 0 Å². The van der Waals surface area contributed by atoms with E-state index in [1.807, 2.05) is 38.1 Å². The summed E-state index contributed by atoms with van der Waals surface area (Å²) in [6.07, 6.45) is 0. The van der Waals surface area contributed by atoms with Crippen LogP contribution in [0.3, 0.4) is 0 Å². The SMILES string of the molecule is CCOc1ccc(OCC)c(NC(=O)CSc2nnnn2-c2ccccc2OC)c1. The number of aromatic nitrogens is 4. The highest BCUT2D eigenvalue weighted by Crippen LogP contribution is 2.30. The van der Waals surface area contributed by atoms with Crippen LogP contribution in [0.1, 0.15) is 13.8 Å². The number of thioether (sulfide) groups is 1. The summed E-state index contributed by atoms with van der Waals surface area (Å²) in [6, 6.07) is 12.7. The molecule has 0 radical (unpaired) electrons. The number of carbonyl (C=O) groups excluding carboxylic acids is 1. The second kappa shape index (κ2) is 10.5. The molecule has 0 aliphatic heterocycles. The van der Waals surface area contributed by atoms with Gasteiger partial charge in [-0.2, -0.15) is 4.68 Å². The van der Waals surface area contributed by atoms with Gasteiger partial charge < -0.3 is 19.5 Å². The fourth-order valence-corrected chi connectivity index (χ4v) is 3.37. The maximum atomic E-state index is 12.6. The number of anilines is 1. The van der Waals surface area contributed by atoms with Crippen molar-refractivity contribution < 1.29 is 19.0 Å². The van der Waals surface area contributed by atoms with Crippen LogP contribution >= 0.6 is 11.8 Å². The quantitative estimate of drug-likeness (QED) is 0.491. The van der Waals surface area contributed by atoms with Gasteiger partial charge in [-0.1, -0.05) is 23.9 Å². The van der Waals surface area contributed by atoms with Gasteiger partial charge in [0.05, 0.1) is 31.8 Å².